The molecule has 0 spiro atoms. The molecular weight excluding hydrogens is 294 g/mol. The summed E-state index contributed by atoms with van der Waals surface area (Å²) in [5.74, 6) is 0. The molecule has 0 bridgehead atoms. The standard InChI is InChI=1S/C13H23N3O4S/c1-4-14-12-6-5-7-15-13(12)21(17,18)16(8-10-19-2)9-11-20-3/h5-7,14H,4,8-11H2,1-3H3. The van der Waals surface area contributed by atoms with E-state index in [2.05, 4.69) is 10.3 Å². The van der Waals surface area contributed by atoms with Crippen molar-refractivity contribution in [2.45, 2.75) is 11.9 Å². The van der Waals surface area contributed by atoms with Gasteiger partial charge >= 0.3 is 0 Å². The summed E-state index contributed by atoms with van der Waals surface area (Å²) >= 11 is 0. The molecule has 0 atom stereocenters. The molecule has 0 unspecified atom stereocenters. The molecule has 8 heteroatoms. The highest BCUT2D eigenvalue weighted by atomic mass is 32.2. The summed E-state index contributed by atoms with van der Waals surface area (Å²) in [4.78, 5) is 4.03. The van der Waals surface area contributed by atoms with E-state index < -0.39 is 10.0 Å². The van der Waals surface area contributed by atoms with Crippen molar-refractivity contribution in [2.75, 3.05) is 52.4 Å². The summed E-state index contributed by atoms with van der Waals surface area (Å²) < 4.78 is 36.8. The second-order valence-corrected chi connectivity index (χ2v) is 6.13. The SMILES string of the molecule is CCNc1cccnc1S(=O)(=O)N(CCOC)CCOC. The molecule has 0 amide bonds. The van der Waals surface area contributed by atoms with Crippen LogP contribution in [0, 0.1) is 0 Å². The maximum absolute atomic E-state index is 12.8. The van der Waals surface area contributed by atoms with Gasteiger partial charge in [-0.1, -0.05) is 0 Å². The van der Waals surface area contributed by atoms with E-state index >= 15 is 0 Å². The molecule has 0 saturated heterocycles. The van der Waals surface area contributed by atoms with E-state index in [1.807, 2.05) is 6.92 Å². The van der Waals surface area contributed by atoms with Gasteiger partial charge in [0.05, 0.1) is 18.9 Å². The fourth-order valence-electron chi connectivity index (χ4n) is 1.78. The number of pyridine rings is 1. The van der Waals surface area contributed by atoms with Crippen molar-refractivity contribution >= 4 is 15.7 Å². The van der Waals surface area contributed by atoms with Crippen molar-refractivity contribution < 1.29 is 17.9 Å². The lowest BCUT2D eigenvalue weighted by atomic mass is 10.4. The van der Waals surface area contributed by atoms with Gasteiger partial charge in [-0.05, 0) is 19.1 Å². The molecule has 0 aliphatic heterocycles. The summed E-state index contributed by atoms with van der Waals surface area (Å²) in [6, 6.07) is 3.40. The van der Waals surface area contributed by atoms with E-state index in [1.54, 1.807) is 12.1 Å². The van der Waals surface area contributed by atoms with Gasteiger partial charge in [-0.15, -0.1) is 0 Å². The Labute approximate surface area is 126 Å². The van der Waals surface area contributed by atoms with E-state index in [0.717, 1.165) is 0 Å². The van der Waals surface area contributed by atoms with Crippen LogP contribution >= 0.6 is 0 Å². The van der Waals surface area contributed by atoms with Crippen molar-refractivity contribution in [2.24, 2.45) is 0 Å². The molecule has 7 nitrogen and oxygen atoms in total. The predicted octanol–water partition coefficient (Wildman–Crippen LogP) is 0.797. The topological polar surface area (TPSA) is 80.8 Å². The number of hydrogen-bond donors (Lipinski definition) is 1. The number of anilines is 1. The normalized spacial score (nSPS) is 11.8. The van der Waals surface area contributed by atoms with Crippen molar-refractivity contribution in [3.8, 4) is 0 Å². The number of ether oxygens (including phenoxy) is 2. The minimum absolute atomic E-state index is 0.0269. The fraction of sp³-hybridized carbons (Fsp3) is 0.615. The van der Waals surface area contributed by atoms with Crippen LogP contribution in [0.25, 0.3) is 0 Å². The molecule has 0 saturated carbocycles. The Morgan fingerprint density at radius 2 is 1.86 bits per heavy atom. The highest BCUT2D eigenvalue weighted by molar-refractivity contribution is 7.89. The highest BCUT2D eigenvalue weighted by Crippen LogP contribution is 2.21. The number of sulfonamides is 1. The van der Waals surface area contributed by atoms with Crippen LogP contribution in [0.15, 0.2) is 23.4 Å². The lowest BCUT2D eigenvalue weighted by Gasteiger charge is -2.22. The van der Waals surface area contributed by atoms with Gasteiger partial charge in [-0.25, -0.2) is 13.4 Å². The van der Waals surface area contributed by atoms with Crippen LogP contribution in [0.2, 0.25) is 0 Å². The van der Waals surface area contributed by atoms with Crippen LogP contribution in [-0.2, 0) is 19.5 Å². The summed E-state index contributed by atoms with van der Waals surface area (Å²) in [5.41, 5.74) is 0.500. The van der Waals surface area contributed by atoms with Gasteiger partial charge in [-0.3, -0.25) is 0 Å². The first kappa shape index (κ1) is 17.8. The third kappa shape index (κ3) is 4.92. The highest BCUT2D eigenvalue weighted by Gasteiger charge is 2.27. The molecule has 0 aliphatic rings. The predicted molar refractivity (Wildman–Crippen MR) is 80.9 cm³/mol. The summed E-state index contributed by atoms with van der Waals surface area (Å²) in [5, 5.41) is 3.05. The number of methoxy groups -OCH3 is 2. The molecule has 1 aromatic rings. The number of nitrogens with zero attached hydrogens (tertiary/aromatic N) is 2. The second kappa shape index (κ2) is 8.93. The number of hydrogen-bond acceptors (Lipinski definition) is 6. The van der Waals surface area contributed by atoms with Crippen molar-refractivity contribution in [3.05, 3.63) is 18.3 Å². The lowest BCUT2D eigenvalue weighted by Crippen LogP contribution is -2.37. The first-order valence-corrected chi connectivity index (χ1v) is 8.18. The molecule has 1 rings (SSSR count). The molecule has 21 heavy (non-hydrogen) atoms. The number of nitrogens with one attached hydrogen (secondary N) is 1. The molecule has 0 radical (unpaired) electrons. The lowest BCUT2D eigenvalue weighted by molar-refractivity contribution is 0.150. The number of aromatic nitrogens is 1. The van der Waals surface area contributed by atoms with Crippen LogP contribution in [-0.4, -0.2) is 64.8 Å². The van der Waals surface area contributed by atoms with E-state index in [-0.39, 0.29) is 18.1 Å². The first-order chi connectivity index (χ1) is 10.1. The maximum atomic E-state index is 12.8. The van der Waals surface area contributed by atoms with Crippen molar-refractivity contribution in [3.63, 3.8) is 0 Å². The van der Waals surface area contributed by atoms with Gasteiger partial charge in [0.2, 0.25) is 0 Å². The van der Waals surface area contributed by atoms with Crippen molar-refractivity contribution in [1.82, 2.24) is 9.29 Å². The minimum atomic E-state index is -3.70. The Balaban J connectivity index is 3.09. The van der Waals surface area contributed by atoms with E-state index in [4.69, 9.17) is 9.47 Å². The van der Waals surface area contributed by atoms with Crippen LogP contribution < -0.4 is 5.32 Å². The zero-order chi connectivity index (χ0) is 15.7. The van der Waals surface area contributed by atoms with Crippen LogP contribution in [0.1, 0.15) is 6.92 Å². The Hall–Kier alpha value is -1.22. The minimum Gasteiger partial charge on any atom is -0.383 e. The average molecular weight is 317 g/mol. The van der Waals surface area contributed by atoms with Gasteiger partial charge in [0.25, 0.3) is 10.0 Å². The second-order valence-electron chi connectivity index (χ2n) is 4.28. The van der Waals surface area contributed by atoms with Gasteiger partial charge in [0, 0.05) is 40.1 Å². The quantitative estimate of drug-likeness (QED) is 0.687. The van der Waals surface area contributed by atoms with Crippen molar-refractivity contribution in [1.29, 1.82) is 0 Å². The zero-order valence-corrected chi connectivity index (χ0v) is 13.5. The maximum Gasteiger partial charge on any atom is 0.262 e. The third-order valence-corrected chi connectivity index (χ3v) is 4.67. The molecule has 0 aliphatic carbocycles. The Morgan fingerprint density at radius 1 is 1.24 bits per heavy atom. The van der Waals surface area contributed by atoms with Crippen LogP contribution in [0.5, 0.6) is 0 Å². The first-order valence-electron chi connectivity index (χ1n) is 6.74. The Morgan fingerprint density at radius 3 is 2.38 bits per heavy atom. The molecule has 1 heterocycles. The van der Waals surface area contributed by atoms with Gasteiger partial charge in [0.15, 0.2) is 5.03 Å². The zero-order valence-electron chi connectivity index (χ0n) is 12.7. The fourth-order valence-corrected chi connectivity index (χ4v) is 3.27. The third-order valence-electron chi connectivity index (χ3n) is 2.81. The largest absolute Gasteiger partial charge is 0.383 e. The molecule has 120 valence electrons. The van der Waals surface area contributed by atoms with Gasteiger partial charge < -0.3 is 14.8 Å². The van der Waals surface area contributed by atoms with E-state index in [9.17, 15) is 8.42 Å². The number of rotatable bonds is 10. The smallest absolute Gasteiger partial charge is 0.262 e. The van der Waals surface area contributed by atoms with Gasteiger partial charge in [-0.2, -0.15) is 4.31 Å². The summed E-state index contributed by atoms with van der Waals surface area (Å²) in [6.45, 7) is 3.65. The Bertz CT molecular complexity index is 514. The molecule has 0 fully saturated rings. The van der Waals surface area contributed by atoms with Gasteiger partial charge in [0.1, 0.15) is 0 Å². The van der Waals surface area contributed by atoms with Crippen LogP contribution in [0.4, 0.5) is 5.69 Å². The van der Waals surface area contributed by atoms with Crippen LogP contribution in [0.3, 0.4) is 0 Å². The summed E-state index contributed by atoms with van der Waals surface area (Å²) in [6.07, 6.45) is 1.47. The van der Waals surface area contributed by atoms with E-state index in [0.29, 0.717) is 25.4 Å². The molecule has 1 aromatic heterocycles. The molecule has 0 aromatic carbocycles. The average Bonchev–Trinajstić information content (AvgIpc) is 2.48. The monoisotopic (exact) mass is 317 g/mol. The van der Waals surface area contributed by atoms with E-state index in [1.165, 1.54) is 24.7 Å². The Kier molecular flexibility index (Phi) is 7.58. The summed E-state index contributed by atoms with van der Waals surface area (Å²) in [7, 11) is -0.631. The molecule has 1 N–H and O–H groups in total. The molecular formula is C13H23N3O4S.